The van der Waals surface area contributed by atoms with Crippen LogP contribution in [0.3, 0.4) is 0 Å². The lowest BCUT2D eigenvalue weighted by Gasteiger charge is -2.10. The van der Waals surface area contributed by atoms with Crippen molar-refractivity contribution in [1.29, 1.82) is 0 Å². The van der Waals surface area contributed by atoms with Gasteiger partial charge in [0.05, 0.1) is 0 Å². The van der Waals surface area contributed by atoms with Crippen molar-refractivity contribution < 1.29 is 4.74 Å². The van der Waals surface area contributed by atoms with Gasteiger partial charge in [0.2, 0.25) is 0 Å². The van der Waals surface area contributed by atoms with Crippen LogP contribution in [0.15, 0.2) is 53.0 Å². The molecule has 18 heavy (non-hydrogen) atoms. The summed E-state index contributed by atoms with van der Waals surface area (Å²) >= 11 is 3.39. The van der Waals surface area contributed by atoms with Gasteiger partial charge >= 0.3 is 0 Å². The molecular formula is C15H16BrNO. The molecule has 0 amide bonds. The minimum Gasteiger partial charge on any atom is -0.457 e. The molecule has 0 aliphatic heterocycles. The molecule has 0 aliphatic carbocycles. The third-order valence-electron chi connectivity index (χ3n) is 2.80. The largest absolute Gasteiger partial charge is 0.457 e. The number of benzene rings is 2. The molecule has 2 nitrogen and oxygen atoms in total. The zero-order valence-corrected chi connectivity index (χ0v) is 11.9. The highest BCUT2D eigenvalue weighted by atomic mass is 79.9. The third kappa shape index (κ3) is 3.34. The van der Waals surface area contributed by atoms with Gasteiger partial charge < -0.3 is 10.5 Å². The number of halogens is 1. The van der Waals surface area contributed by atoms with Crippen LogP contribution in [-0.4, -0.2) is 0 Å². The fraction of sp³-hybridized carbons (Fsp3) is 0.200. The lowest BCUT2D eigenvalue weighted by Crippen LogP contribution is -2.07. The molecule has 3 heteroatoms. The number of hydrogen-bond donors (Lipinski definition) is 1. The fourth-order valence-corrected chi connectivity index (χ4v) is 1.92. The molecule has 2 rings (SSSR count). The van der Waals surface area contributed by atoms with Crippen molar-refractivity contribution in [3.8, 4) is 11.5 Å². The number of rotatable bonds is 4. The van der Waals surface area contributed by atoms with Gasteiger partial charge in [0.25, 0.3) is 0 Å². The standard InChI is InChI=1S/C15H16BrNO/c1-2-15(17)11-3-7-13(8-4-11)18-14-9-5-12(16)6-10-14/h3-10,15H,2,17H2,1H3/t15-/m1/s1. The molecule has 0 saturated heterocycles. The number of hydrogen-bond acceptors (Lipinski definition) is 2. The van der Waals surface area contributed by atoms with Crippen LogP contribution in [-0.2, 0) is 0 Å². The van der Waals surface area contributed by atoms with Gasteiger partial charge in [0, 0.05) is 10.5 Å². The Morgan fingerprint density at radius 3 is 2.00 bits per heavy atom. The number of nitrogens with two attached hydrogens (primary N) is 1. The Kier molecular flexibility index (Phi) is 4.39. The van der Waals surface area contributed by atoms with E-state index in [1.165, 1.54) is 0 Å². The maximum Gasteiger partial charge on any atom is 0.127 e. The maximum absolute atomic E-state index is 5.97. The summed E-state index contributed by atoms with van der Waals surface area (Å²) in [6, 6.07) is 15.8. The van der Waals surface area contributed by atoms with Crippen LogP contribution < -0.4 is 10.5 Å². The van der Waals surface area contributed by atoms with Crippen LogP contribution in [0.1, 0.15) is 24.9 Å². The van der Waals surface area contributed by atoms with E-state index in [0.29, 0.717) is 0 Å². The van der Waals surface area contributed by atoms with E-state index >= 15 is 0 Å². The van der Waals surface area contributed by atoms with Crippen LogP contribution in [0.4, 0.5) is 0 Å². The van der Waals surface area contributed by atoms with E-state index in [1.54, 1.807) is 0 Å². The second-order valence-corrected chi connectivity index (χ2v) is 5.06. The summed E-state index contributed by atoms with van der Waals surface area (Å²) in [5, 5.41) is 0. The van der Waals surface area contributed by atoms with Gasteiger partial charge in [-0.2, -0.15) is 0 Å². The molecule has 94 valence electrons. The van der Waals surface area contributed by atoms with Crippen LogP contribution in [0, 0.1) is 0 Å². The molecule has 2 aromatic rings. The smallest absolute Gasteiger partial charge is 0.127 e. The predicted octanol–water partition coefficient (Wildman–Crippen LogP) is 4.65. The summed E-state index contributed by atoms with van der Waals surface area (Å²) in [7, 11) is 0. The lowest BCUT2D eigenvalue weighted by molar-refractivity contribution is 0.482. The molecule has 0 heterocycles. The summed E-state index contributed by atoms with van der Waals surface area (Å²) in [5.74, 6) is 1.65. The first-order chi connectivity index (χ1) is 8.69. The highest BCUT2D eigenvalue weighted by molar-refractivity contribution is 9.10. The Morgan fingerprint density at radius 2 is 1.50 bits per heavy atom. The normalized spacial score (nSPS) is 12.2. The van der Waals surface area contributed by atoms with Crippen LogP contribution in [0.2, 0.25) is 0 Å². The molecule has 0 fully saturated rings. The average Bonchev–Trinajstić information content (AvgIpc) is 2.41. The first-order valence-electron chi connectivity index (χ1n) is 5.98. The molecule has 1 atom stereocenters. The highest BCUT2D eigenvalue weighted by Gasteiger charge is 2.03. The molecule has 0 saturated carbocycles. The molecular weight excluding hydrogens is 290 g/mol. The SMILES string of the molecule is CC[C@@H](N)c1ccc(Oc2ccc(Br)cc2)cc1. The van der Waals surface area contributed by atoms with Crippen molar-refractivity contribution in [1.82, 2.24) is 0 Å². The molecule has 0 radical (unpaired) electrons. The summed E-state index contributed by atoms with van der Waals surface area (Å²) in [6.07, 6.45) is 0.937. The van der Waals surface area contributed by atoms with E-state index in [9.17, 15) is 0 Å². The minimum absolute atomic E-state index is 0.103. The second kappa shape index (κ2) is 6.03. The van der Waals surface area contributed by atoms with Gasteiger partial charge in [0.15, 0.2) is 0 Å². The van der Waals surface area contributed by atoms with Crippen molar-refractivity contribution in [3.63, 3.8) is 0 Å². The first-order valence-corrected chi connectivity index (χ1v) is 6.77. The first kappa shape index (κ1) is 13.1. The summed E-state index contributed by atoms with van der Waals surface area (Å²) in [4.78, 5) is 0. The van der Waals surface area contributed by atoms with Crippen molar-refractivity contribution in [2.75, 3.05) is 0 Å². The molecule has 0 bridgehead atoms. The van der Waals surface area contributed by atoms with Gasteiger partial charge in [-0.3, -0.25) is 0 Å². The highest BCUT2D eigenvalue weighted by Crippen LogP contribution is 2.24. The Morgan fingerprint density at radius 1 is 1.00 bits per heavy atom. The van der Waals surface area contributed by atoms with Crippen LogP contribution >= 0.6 is 15.9 Å². The zero-order chi connectivity index (χ0) is 13.0. The van der Waals surface area contributed by atoms with Crippen molar-refractivity contribution >= 4 is 15.9 Å². The zero-order valence-electron chi connectivity index (χ0n) is 10.3. The Labute approximate surface area is 116 Å². The fourth-order valence-electron chi connectivity index (χ4n) is 1.66. The Bertz CT molecular complexity index is 493. The van der Waals surface area contributed by atoms with Gasteiger partial charge in [-0.25, -0.2) is 0 Å². The van der Waals surface area contributed by atoms with E-state index in [0.717, 1.165) is 28.0 Å². The molecule has 0 spiro atoms. The van der Waals surface area contributed by atoms with Gasteiger partial charge in [-0.1, -0.05) is 35.0 Å². The van der Waals surface area contributed by atoms with Crippen LogP contribution in [0.25, 0.3) is 0 Å². The quantitative estimate of drug-likeness (QED) is 0.892. The lowest BCUT2D eigenvalue weighted by atomic mass is 10.1. The maximum atomic E-state index is 5.97. The average molecular weight is 306 g/mol. The van der Waals surface area contributed by atoms with Crippen LogP contribution in [0.5, 0.6) is 11.5 Å². The van der Waals surface area contributed by atoms with E-state index in [-0.39, 0.29) is 6.04 Å². The van der Waals surface area contributed by atoms with Crippen molar-refractivity contribution in [3.05, 3.63) is 58.6 Å². The molecule has 0 unspecified atom stereocenters. The van der Waals surface area contributed by atoms with Gasteiger partial charge in [-0.15, -0.1) is 0 Å². The predicted molar refractivity (Wildman–Crippen MR) is 77.9 cm³/mol. The minimum atomic E-state index is 0.103. The van der Waals surface area contributed by atoms with E-state index in [1.807, 2.05) is 48.5 Å². The second-order valence-electron chi connectivity index (χ2n) is 4.14. The Balaban J connectivity index is 2.08. The Hall–Kier alpha value is -1.32. The van der Waals surface area contributed by atoms with Gasteiger partial charge in [0.1, 0.15) is 11.5 Å². The summed E-state index contributed by atoms with van der Waals surface area (Å²) in [6.45, 7) is 2.08. The molecule has 2 N–H and O–H groups in total. The van der Waals surface area contributed by atoms with E-state index in [4.69, 9.17) is 10.5 Å². The summed E-state index contributed by atoms with van der Waals surface area (Å²) in [5.41, 5.74) is 7.11. The third-order valence-corrected chi connectivity index (χ3v) is 3.33. The van der Waals surface area contributed by atoms with Crippen molar-refractivity contribution in [2.45, 2.75) is 19.4 Å². The molecule has 2 aromatic carbocycles. The topological polar surface area (TPSA) is 35.2 Å². The van der Waals surface area contributed by atoms with Gasteiger partial charge in [-0.05, 0) is 48.4 Å². The molecule has 0 aliphatic rings. The molecule has 0 aromatic heterocycles. The summed E-state index contributed by atoms with van der Waals surface area (Å²) < 4.78 is 6.78. The van der Waals surface area contributed by atoms with Crippen molar-refractivity contribution in [2.24, 2.45) is 5.73 Å². The monoisotopic (exact) mass is 305 g/mol. The van der Waals surface area contributed by atoms with E-state index in [2.05, 4.69) is 22.9 Å². The number of ether oxygens (including phenoxy) is 1. The van der Waals surface area contributed by atoms with E-state index < -0.39 is 0 Å².